The maximum atomic E-state index is 13.0. The summed E-state index contributed by atoms with van der Waals surface area (Å²) in [4.78, 5) is 26.7. The van der Waals surface area contributed by atoms with Crippen LogP contribution in [0.3, 0.4) is 0 Å². The van der Waals surface area contributed by atoms with Crippen LogP contribution in [-0.2, 0) is 0 Å². The first kappa shape index (κ1) is 15.4. The molecule has 1 N–H and O–H groups in total. The van der Waals surface area contributed by atoms with E-state index in [9.17, 15) is 14.0 Å². The van der Waals surface area contributed by atoms with E-state index in [2.05, 4.69) is 10.2 Å². The second-order valence-electron chi connectivity index (χ2n) is 5.90. The Balaban J connectivity index is 1.71. The number of ketones is 1. The highest BCUT2D eigenvalue weighted by molar-refractivity contribution is 5.99. The summed E-state index contributed by atoms with van der Waals surface area (Å²) in [6, 6.07) is 7.26. The predicted octanol–water partition coefficient (Wildman–Crippen LogP) is 2.59. The minimum absolute atomic E-state index is 0.0410. The monoisotopic (exact) mass is 315 g/mol. The Kier molecular flexibility index (Phi) is 4.23. The number of aromatic nitrogens is 2. The molecule has 0 unspecified atom stereocenters. The zero-order chi connectivity index (χ0) is 16.4. The van der Waals surface area contributed by atoms with Gasteiger partial charge in [0.25, 0.3) is 5.91 Å². The third kappa shape index (κ3) is 3.31. The number of likely N-dealkylation sites (tertiary alicyclic amines) is 1. The summed E-state index contributed by atoms with van der Waals surface area (Å²) in [5, 5.41) is 6.74. The molecule has 0 spiro atoms. The number of amides is 1. The van der Waals surface area contributed by atoms with E-state index < -0.39 is 0 Å². The number of nitrogens with zero attached hydrogens (tertiary/aromatic N) is 2. The van der Waals surface area contributed by atoms with Gasteiger partial charge < -0.3 is 4.90 Å². The SMILES string of the molecule is Cc1cc(C(=O)N2CCC[C@@H](C(=O)c3ccc(F)cc3)C2)n[nH]1. The molecule has 0 radical (unpaired) electrons. The smallest absolute Gasteiger partial charge is 0.274 e. The van der Waals surface area contributed by atoms with Crippen molar-refractivity contribution in [2.24, 2.45) is 5.92 Å². The number of carbonyl (C=O) groups excluding carboxylic acids is 2. The van der Waals surface area contributed by atoms with Crippen LogP contribution in [0.15, 0.2) is 30.3 Å². The Morgan fingerprint density at radius 2 is 2.04 bits per heavy atom. The molecule has 23 heavy (non-hydrogen) atoms. The van der Waals surface area contributed by atoms with Gasteiger partial charge in [-0.25, -0.2) is 4.39 Å². The van der Waals surface area contributed by atoms with Crippen molar-refractivity contribution in [1.82, 2.24) is 15.1 Å². The number of aromatic amines is 1. The van der Waals surface area contributed by atoms with Crippen molar-refractivity contribution in [2.75, 3.05) is 13.1 Å². The molecular formula is C17H18FN3O2. The normalized spacial score (nSPS) is 18.0. The number of H-pyrrole nitrogens is 1. The summed E-state index contributed by atoms with van der Waals surface area (Å²) >= 11 is 0. The van der Waals surface area contributed by atoms with Crippen molar-refractivity contribution >= 4 is 11.7 Å². The third-order valence-electron chi connectivity index (χ3n) is 4.13. The number of carbonyl (C=O) groups is 2. The lowest BCUT2D eigenvalue weighted by Gasteiger charge is -2.31. The zero-order valence-electron chi connectivity index (χ0n) is 12.9. The topological polar surface area (TPSA) is 66.1 Å². The highest BCUT2D eigenvalue weighted by atomic mass is 19.1. The van der Waals surface area contributed by atoms with E-state index >= 15 is 0 Å². The minimum Gasteiger partial charge on any atom is -0.337 e. The van der Waals surface area contributed by atoms with Gasteiger partial charge in [0.1, 0.15) is 11.5 Å². The maximum Gasteiger partial charge on any atom is 0.274 e. The van der Waals surface area contributed by atoms with Crippen molar-refractivity contribution in [2.45, 2.75) is 19.8 Å². The number of Topliss-reactive ketones (excluding diaryl/α,β-unsaturated/α-hetero) is 1. The summed E-state index contributed by atoms with van der Waals surface area (Å²) in [7, 11) is 0. The van der Waals surface area contributed by atoms with Gasteiger partial charge in [-0.05, 0) is 50.1 Å². The Hall–Kier alpha value is -2.50. The summed E-state index contributed by atoms with van der Waals surface area (Å²) in [6.45, 7) is 2.83. The molecule has 0 aliphatic carbocycles. The third-order valence-corrected chi connectivity index (χ3v) is 4.13. The first-order valence-electron chi connectivity index (χ1n) is 7.65. The molecule has 1 aromatic heterocycles. The number of aryl methyl sites for hydroxylation is 1. The van der Waals surface area contributed by atoms with Crippen molar-refractivity contribution in [3.05, 3.63) is 53.1 Å². The van der Waals surface area contributed by atoms with E-state index in [4.69, 9.17) is 0 Å². The lowest BCUT2D eigenvalue weighted by molar-refractivity contribution is 0.0632. The molecule has 2 heterocycles. The summed E-state index contributed by atoms with van der Waals surface area (Å²) in [6.07, 6.45) is 1.51. The van der Waals surface area contributed by atoms with Crippen LogP contribution in [-0.4, -0.2) is 39.9 Å². The molecule has 1 fully saturated rings. The molecule has 1 amide bonds. The van der Waals surface area contributed by atoms with Crippen LogP contribution >= 0.6 is 0 Å². The van der Waals surface area contributed by atoms with E-state index in [1.807, 2.05) is 6.92 Å². The number of hydrogen-bond donors (Lipinski definition) is 1. The van der Waals surface area contributed by atoms with Crippen LogP contribution in [0.1, 0.15) is 39.4 Å². The summed E-state index contributed by atoms with van der Waals surface area (Å²) < 4.78 is 13.0. The van der Waals surface area contributed by atoms with Gasteiger partial charge in [0.2, 0.25) is 0 Å². The lowest BCUT2D eigenvalue weighted by Crippen LogP contribution is -2.42. The standard InChI is InChI=1S/C17H18FN3O2/c1-11-9-15(20-19-11)17(23)21-8-2-3-13(10-21)16(22)12-4-6-14(18)7-5-12/h4-7,9,13H,2-3,8,10H2,1H3,(H,19,20)/t13-/m1/s1. The first-order chi connectivity index (χ1) is 11.0. The summed E-state index contributed by atoms with van der Waals surface area (Å²) in [5.41, 5.74) is 1.68. The van der Waals surface area contributed by atoms with Gasteiger partial charge in [-0.2, -0.15) is 5.10 Å². The predicted molar refractivity (Wildman–Crippen MR) is 82.7 cm³/mol. The van der Waals surface area contributed by atoms with Crippen LogP contribution in [0.4, 0.5) is 4.39 Å². The molecule has 3 rings (SSSR count). The lowest BCUT2D eigenvalue weighted by atomic mass is 9.90. The Morgan fingerprint density at radius 1 is 1.30 bits per heavy atom. The molecule has 1 aliphatic heterocycles. The minimum atomic E-state index is -0.365. The van der Waals surface area contributed by atoms with Crippen molar-refractivity contribution in [3.8, 4) is 0 Å². The maximum absolute atomic E-state index is 13.0. The molecule has 6 heteroatoms. The van der Waals surface area contributed by atoms with Crippen LogP contribution in [0.5, 0.6) is 0 Å². The molecule has 1 aromatic carbocycles. The van der Waals surface area contributed by atoms with Crippen LogP contribution in [0.2, 0.25) is 0 Å². The Morgan fingerprint density at radius 3 is 2.70 bits per heavy atom. The van der Waals surface area contributed by atoms with Crippen molar-refractivity contribution in [3.63, 3.8) is 0 Å². The quantitative estimate of drug-likeness (QED) is 0.885. The van der Waals surface area contributed by atoms with E-state index in [1.165, 1.54) is 24.3 Å². The zero-order valence-corrected chi connectivity index (χ0v) is 12.9. The molecule has 0 bridgehead atoms. The van der Waals surface area contributed by atoms with E-state index in [0.29, 0.717) is 24.3 Å². The Bertz CT molecular complexity index is 724. The molecular weight excluding hydrogens is 297 g/mol. The van der Waals surface area contributed by atoms with Gasteiger partial charge >= 0.3 is 0 Å². The molecule has 1 saturated heterocycles. The number of hydrogen-bond acceptors (Lipinski definition) is 3. The second kappa shape index (κ2) is 6.32. The number of nitrogens with one attached hydrogen (secondary N) is 1. The van der Waals surface area contributed by atoms with Crippen molar-refractivity contribution < 1.29 is 14.0 Å². The molecule has 0 saturated carbocycles. The first-order valence-corrected chi connectivity index (χ1v) is 7.65. The van der Waals surface area contributed by atoms with Crippen LogP contribution < -0.4 is 0 Å². The van der Waals surface area contributed by atoms with E-state index in [1.54, 1.807) is 11.0 Å². The van der Waals surface area contributed by atoms with E-state index in [-0.39, 0.29) is 23.4 Å². The second-order valence-corrected chi connectivity index (χ2v) is 5.90. The number of halogens is 1. The van der Waals surface area contributed by atoms with Gasteiger partial charge in [-0.1, -0.05) is 0 Å². The molecule has 1 aliphatic rings. The largest absolute Gasteiger partial charge is 0.337 e. The molecule has 120 valence electrons. The Labute approximate surface area is 133 Å². The summed E-state index contributed by atoms with van der Waals surface area (Å²) in [5.74, 6) is -0.819. The van der Waals surface area contributed by atoms with Gasteiger partial charge in [-0.15, -0.1) is 0 Å². The van der Waals surface area contributed by atoms with Crippen LogP contribution in [0.25, 0.3) is 0 Å². The fourth-order valence-corrected chi connectivity index (χ4v) is 2.92. The average Bonchev–Trinajstić information content (AvgIpc) is 3.01. The number of piperidine rings is 1. The van der Waals surface area contributed by atoms with Gasteiger partial charge in [0, 0.05) is 30.3 Å². The number of rotatable bonds is 3. The highest BCUT2D eigenvalue weighted by Gasteiger charge is 2.30. The van der Waals surface area contributed by atoms with E-state index in [0.717, 1.165) is 18.5 Å². The highest BCUT2D eigenvalue weighted by Crippen LogP contribution is 2.22. The average molecular weight is 315 g/mol. The number of benzene rings is 1. The van der Waals surface area contributed by atoms with Gasteiger partial charge in [-0.3, -0.25) is 14.7 Å². The fraction of sp³-hybridized carbons (Fsp3) is 0.353. The van der Waals surface area contributed by atoms with Gasteiger partial charge in [0.05, 0.1) is 0 Å². The molecule has 5 nitrogen and oxygen atoms in total. The fourth-order valence-electron chi connectivity index (χ4n) is 2.92. The van der Waals surface area contributed by atoms with Gasteiger partial charge in [0.15, 0.2) is 5.78 Å². The molecule has 2 aromatic rings. The molecule has 1 atom stereocenters. The van der Waals surface area contributed by atoms with Crippen LogP contribution in [0, 0.1) is 18.7 Å². The van der Waals surface area contributed by atoms with Crippen molar-refractivity contribution in [1.29, 1.82) is 0 Å².